The van der Waals surface area contributed by atoms with Crippen LogP contribution in [0.3, 0.4) is 0 Å². The van der Waals surface area contributed by atoms with Gasteiger partial charge in [-0.3, -0.25) is 0 Å². The Labute approximate surface area is 150 Å². The largest absolute Gasteiger partial charge is 0.463 e. The number of hydrogen-bond donors (Lipinski definition) is 0. The molecule has 1 aliphatic heterocycles. The van der Waals surface area contributed by atoms with Crippen molar-refractivity contribution in [3.05, 3.63) is 11.8 Å². The third-order valence-corrected chi connectivity index (χ3v) is 6.66. The lowest BCUT2D eigenvalue weighted by atomic mass is 9.86. The summed E-state index contributed by atoms with van der Waals surface area (Å²) in [5, 5.41) is 0. The van der Waals surface area contributed by atoms with Gasteiger partial charge in [-0.15, -0.1) is 0 Å². The highest BCUT2D eigenvalue weighted by Gasteiger charge is 2.40. The number of piperazine rings is 1. The van der Waals surface area contributed by atoms with Crippen molar-refractivity contribution in [3.63, 3.8) is 0 Å². The lowest BCUT2D eigenvalue weighted by Crippen LogP contribution is -2.57. The van der Waals surface area contributed by atoms with Gasteiger partial charge in [-0.1, -0.05) is 26.2 Å². The average molecular weight is 438 g/mol. The first-order valence-electron chi connectivity index (χ1n) is 8.40. The van der Waals surface area contributed by atoms with Crippen molar-refractivity contribution < 1.29 is 9.53 Å². The number of ether oxygens (including phenoxy) is 1. The Morgan fingerprint density at radius 2 is 2.09 bits per heavy atom. The Bertz CT molecular complexity index is 406. The summed E-state index contributed by atoms with van der Waals surface area (Å²) < 4.78 is 7.59. The van der Waals surface area contributed by atoms with E-state index in [4.69, 9.17) is 4.74 Å². The molecular weight excluding hydrogens is 411 g/mol. The number of rotatable bonds is 6. The number of carbonyl (C=O) groups excluding carboxylic acids is 1. The molecule has 2 unspecified atom stereocenters. The Hall–Kier alpha value is 0.0500. The number of nitrogens with zero attached hydrogens (tertiary/aromatic N) is 2. The van der Waals surface area contributed by atoms with Crippen LogP contribution in [0.2, 0.25) is 0 Å². The zero-order valence-corrected chi connectivity index (χ0v) is 16.6. The minimum absolute atomic E-state index is 0.202. The topological polar surface area (TPSA) is 32.8 Å². The van der Waals surface area contributed by atoms with E-state index in [1.165, 1.54) is 38.5 Å². The first-order valence-corrected chi connectivity index (χ1v) is 11.7. The molecule has 0 aromatic rings. The van der Waals surface area contributed by atoms with Crippen molar-refractivity contribution in [1.82, 2.24) is 9.21 Å². The molecule has 0 spiro atoms. The Morgan fingerprint density at radius 1 is 1.36 bits per heavy atom. The molecule has 22 heavy (non-hydrogen) atoms. The highest BCUT2D eigenvalue weighted by atomic mass is 127. The van der Waals surface area contributed by atoms with E-state index in [1.807, 2.05) is 6.92 Å². The van der Waals surface area contributed by atoms with Crippen molar-refractivity contribution >= 4 is 36.3 Å². The van der Waals surface area contributed by atoms with Crippen molar-refractivity contribution in [2.75, 3.05) is 19.7 Å². The summed E-state index contributed by atoms with van der Waals surface area (Å²) >= 11 is 2.37. The van der Waals surface area contributed by atoms with Crippen LogP contribution < -0.4 is 0 Å². The molecule has 6 heteroatoms. The summed E-state index contributed by atoms with van der Waals surface area (Å²) in [6.45, 7) is 6.43. The van der Waals surface area contributed by atoms with Gasteiger partial charge < -0.3 is 9.64 Å². The third-order valence-electron chi connectivity index (χ3n) is 4.56. The summed E-state index contributed by atoms with van der Waals surface area (Å²) in [6.07, 6.45) is 9.23. The molecule has 1 aliphatic carbocycles. The normalized spacial score (nSPS) is 27.8. The van der Waals surface area contributed by atoms with E-state index in [9.17, 15) is 4.79 Å². The zero-order chi connectivity index (χ0) is 15.9. The van der Waals surface area contributed by atoms with Gasteiger partial charge in [0.15, 0.2) is 0 Å². The monoisotopic (exact) mass is 438 g/mol. The molecule has 4 nitrogen and oxygen atoms in total. The van der Waals surface area contributed by atoms with Gasteiger partial charge in [0, 0.05) is 51.6 Å². The fourth-order valence-electron chi connectivity index (χ4n) is 3.53. The van der Waals surface area contributed by atoms with Gasteiger partial charge in [-0.05, 0) is 35.3 Å². The summed E-state index contributed by atoms with van der Waals surface area (Å²) in [5.41, 5.74) is 1.14. The molecular formula is C16H27IN2O2S. The van der Waals surface area contributed by atoms with Crippen LogP contribution in [0, 0.1) is 0 Å². The molecule has 0 radical (unpaired) electrons. The van der Waals surface area contributed by atoms with Crippen molar-refractivity contribution in [1.29, 1.82) is 0 Å². The molecule has 0 amide bonds. The molecule has 0 aromatic heterocycles. The Morgan fingerprint density at radius 3 is 2.73 bits per heavy atom. The predicted molar refractivity (Wildman–Crippen MR) is 101 cm³/mol. The minimum Gasteiger partial charge on any atom is -0.463 e. The Kier molecular flexibility index (Phi) is 7.83. The molecule has 0 bridgehead atoms. The molecule has 2 rings (SSSR count). The smallest absolute Gasteiger partial charge is 0.332 e. The lowest BCUT2D eigenvalue weighted by molar-refractivity contribution is -0.137. The van der Waals surface area contributed by atoms with Crippen molar-refractivity contribution in [2.24, 2.45) is 0 Å². The van der Waals surface area contributed by atoms with Gasteiger partial charge >= 0.3 is 5.97 Å². The van der Waals surface area contributed by atoms with Crippen LogP contribution in [0.5, 0.6) is 0 Å². The summed E-state index contributed by atoms with van der Waals surface area (Å²) in [6, 6.07) is 1.17. The van der Waals surface area contributed by atoms with Gasteiger partial charge in [0.1, 0.15) is 0 Å². The highest BCUT2D eigenvalue weighted by molar-refractivity contribution is 14.2. The zero-order valence-electron chi connectivity index (χ0n) is 13.6. The minimum atomic E-state index is -0.202. The fourth-order valence-corrected chi connectivity index (χ4v) is 5.36. The van der Waals surface area contributed by atoms with Crippen LogP contribution >= 0.6 is 30.3 Å². The predicted octanol–water partition coefficient (Wildman–Crippen LogP) is 4.16. The van der Waals surface area contributed by atoms with Gasteiger partial charge in [-0.25, -0.2) is 9.10 Å². The highest BCUT2D eigenvalue weighted by Crippen LogP contribution is 2.39. The number of hydrogen-bond acceptors (Lipinski definition) is 5. The lowest BCUT2D eigenvalue weighted by Gasteiger charge is -2.51. The average Bonchev–Trinajstić information content (AvgIpc) is 2.53. The van der Waals surface area contributed by atoms with Gasteiger partial charge in [-0.2, -0.15) is 0 Å². The van der Waals surface area contributed by atoms with Crippen LogP contribution in [-0.2, 0) is 9.53 Å². The molecule has 1 saturated heterocycles. The van der Waals surface area contributed by atoms with Crippen LogP contribution in [-0.4, -0.2) is 47.0 Å². The van der Waals surface area contributed by atoms with E-state index in [0.29, 0.717) is 18.7 Å². The van der Waals surface area contributed by atoms with E-state index < -0.39 is 0 Å². The fraction of sp³-hybridized carbons (Fsp3) is 0.812. The van der Waals surface area contributed by atoms with Gasteiger partial charge in [0.05, 0.1) is 13.2 Å². The maximum Gasteiger partial charge on any atom is 0.332 e. The van der Waals surface area contributed by atoms with Crippen molar-refractivity contribution in [2.45, 2.75) is 64.5 Å². The number of fused-ring (bicyclic) bond motifs is 1. The second-order valence-electron chi connectivity index (χ2n) is 6.00. The summed E-state index contributed by atoms with van der Waals surface area (Å²) in [7, 11) is 1.79. The SMILES string of the molecule is CCCCN1/C(=C/C(=O)OCC)CN(SI)C2CCCCC21. The van der Waals surface area contributed by atoms with E-state index in [1.54, 1.807) is 15.2 Å². The second-order valence-corrected chi connectivity index (χ2v) is 7.79. The third kappa shape index (κ3) is 4.54. The second kappa shape index (κ2) is 9.37. The maximum absolute atomic E-state index is 11.9. The van der Waals surface area contributed by atoms with E-state index in [-0.39, 0.29) is 5.97 Å². The number of esters is 1. The first kappa shape index (κ1) is 18.4. The molecule has 0 aromatic carbocycles. The van der Waals surface area contributed by atoms with E-state index in [0.717, 1.165) is 18.8 Å². The van der Waals surface area contributed by atoms with Crippen LogP contribution in [0.25, 0.3) is 0 Å². The Balaban J connectivity index is 2.21. The van der Waals surface area contributed by atoms with E-state index >= 15 is 0 Å². The van der Waals surface area contributed by atoms with Crippen LogP contribution in [0.15, 0.2) is 11.8 Å². The molecule has 126 valence electrons. The number of carbonyl (C=O) groups is 1. The molecule has 1 saturated carbocycles. The molecule has 2 atom stereocenters. The van der Waals surface area contributed by atoms with Crippen LogP contribution in [0.1, 0.15) is 52.4 Å². The van der Waals surface area contributed by atoms with E-state index in [2.05, 4.69) is 37.3 Å². The summed E-state index contributed by atoms with van der Waals surface area (Å²) in [5.74, 6) is -0.202. The number of halogens is 1. The molecule has 0 N–H and O–H groups in total. The maximum atomic E-state index is 11.9. The quantitative estimate of drug-likeness (QED) is 0.269. The van der Waals surface area contributed by atoms with Crippen molar-refractivity contribution in [3.8, 4) is 0 Å². The first-order chi connectivity index (χ1) is 10.7. The number of unbranched alkanes of at least 4 members (excludes halogenated alkanes) is 1. The standard InChI is InChI=1S/C16H27IN2O2S/c1-3-5-10-18-13(11-16(20)21-4-2)12-19(22-17)15-9-7-6-8-14(15)18/h11,14-15H,3-10,12H2,1-2H3/b13-11+. The van der Waals surface area contributed by atoms with Crippen LogP contribution in [0.4, 0.5) is 0 Å². The summed E-state index contributed by atoms with van der Waals surface area (Å²) in [4.78, 5) is 14.4. The molecule has 2 aliphatic rings. The van der Waals surface area contributed by atoms with Gasteiger partial charge in [0.2, 0.25) is 0 Å². The van der Waals surface area contributed by atoms with Gasteiger partial charge in [0.25, 0.3) is 0 Å². The molecule has 2 fully saturated rings. The molecule has 1 heterocycles.